The van der Waals surface area contributed by atoms with Crippen molar-refractivity contribution in [3.05, 3.63) is 69.6 Å². The first-order chi connectivity index (χ1) is 11.1. The number of nitrogens with one attached hydrogen (secondary N) is 2. The van der Waals surface area contributed by atoms with E-state index in [1.54, 1.807) is 10.6 Å². The molecule has 0 radical (unpaired) electrons. The summed E-state index contributed by atoms with van der Waals surface area (Å²) in [7, 11) is 1.81. The smallest absolute Gasteiger partial charge is 0.315 e. The van der Waals surface area contributed by atoms with E-state index in [9.17, 15) is 9.59 Å². The molecule has 120 valence electrons. The number of carbonyl (C=O) groups excluding carboxylic acids is 1. The molecular weight excluding hydrogens is 290 g/mol. The van der Waals surface area contributed by atoms with E-state index < -0.39 is 0 Å². The summed E-state index contributed by atoms with van der Waals surface area (Å²) in [4.78, 5) is 23.7. The normalized spacial score (nSPS) is 16.5. The molecule has 5 nitrogen and oxygen atoms in total. The van der Waals surface area contributed by atoms with E-state index in [-0.39, 0.29) is 17.6 Å². The molecule has 0 fully saturated rings. The highest BCUT2D eigenvalue weighted by atomic mass is 16.2. The molecule has 0 bridgehead atoms. The number of hydrogen-bond donors (Lipinski definition) is 2. The molecule has 3 rings (SSSR count). The van der Waals surface area contributed by atoms with Crippen LogP contribution >= 0.6 is 0 Å². The highest BCUT2D eigenvalue weighted by Crippen LogP contribution is 2.19. The molecule has 1 aliphatic rings. The van der Waals surface area contributed by atoms with Gasteiger partial charge in [0.25, 0.3) is 0 Å². The summed E-state index contributed by atoms with van der Waals surface area (Å²) in [5.74, 6) is 0. The standard InChI is InChI=1S/C18H21N3O2/c1-21-16-9-8-15(11-14(16)7-10-17(21)22)20-18(23)19-12-13-5-3-2-4-6-13/h2-7,10,15H,8-9,11-12H2,1H3,(H2,19,20,23)/t15-/m1/s1. The summed E-state index contributed by atoms with van der Waals surface area (Å²) in [5, 5.41) is 5.91. The van der Waals surface area contributed by atoms with E-state index in [0.717, 1.165) is 36.1 Å². The lowest BCUT2D eigenvalue weighted by molar-refractivity contribution is 0.235. The van der Waals surface area contributed by atoms with Crippen molar-refractivity contribution in [3.63, 3.8) is 0 Å². The Morgan fingerprint density at radius 2 is 2.00 bits per heavy atom. The van der Waals surface area contributed by atoms with Crippen LogP contribution in [-0.2, 0) is 26.4 Å². The molecular formula is C18H21N3O2. The van der Waals surface area contributed by atoms with E-state index in [0.29, 0.717) is 6.54 Å². The third kappa shape index (κ3) is 3.62. The van der Waals surface area contributed by atoms with Gasteiger partial charge in [0.05, 0.1) is 0 Å². The van der Waals surface area contributed by atoms with Crippen LogP contribution in [0, 0.1) is 0 Å². The molecule has 1 aromatic heterocycles. The lowest BCUT2D eigenvalue weighted by Gasteiger charge is -2.26. The Morgan fingerprint density at radius 3 is 2.78 bits per heavy atom. The molecule has 2 aromatic rings. The molecule has 0 saturated carbocycles. The lowest BCUT2D eigenvalue weighted by Crippen LogP contribution is -2.45. The first-order valence-corrected chi connectivity index (χ1v) is 7.89. The second-order valence-corrected chi connectivity index (χ2v) is 5.95. The van der Waals surface area contributed by atoms with E-state index in [1.807, 2.05) is 43.4 Å². The van der Waals surface area contributed by atoms with Crippen LogP contribution in [0.15, 0.2) is 47.3 Å². The number of nitrogens with zero attached hydrogens (tertiary/aromatic N) is 1. The lowest BCUT2D eigenvalue weighted by atomic mass is 9.91. The van der Waals surface area contributed by atoms with Crippen LogP contribution in [0.3, 0.4) is 0 Å². The number of hydrogen-bond acceptors (Lipinski definition) is 2. The van der Waals surface area contributed by atoms with Crippen LogP contribution in [0.25, 0.3) is 0 Å². The predicted octanol–water partition coefficient (Wildman–Crippen LogP) is 1.74. The average Bonchev–Trinajstić information content (AvgIpc) is 2.57. The topological polar surface area (TPSA) is 63.1 Å². The second-order valence-electron chi connectivity index (χ2n) is 5.95. The molecule has 0 saturated heterocycles. The number of aromatic nitrogens is 1. The molecule has 2 amide bonds. The number of benzene rings is 1. The molecule has 1 aromatic carbocycles. The maximum atomic E-state index is 12.0. The minimum atomic E-state index is -0.146. The van der Waals surface area contributed by atoms with Crippen molar-refractivity contribution in [2.45, 2.75) is 31.8 Å². The van der Waals surface area contributed by atoms with Crippen molar-refractivity contribution >= 4 is 6.03 Å². The zero-order valence-electron chi connectivity index (χ0n) is 13.2. The van der Waals surface area contributed by atoms with Gasteiger partial charge < -0.3 is 15.2 Å². The Bertz CT molecular complexity index is 753. The monoisotopic (exact) mass is 311 g/mol. The van der Waals surface area contributed by atoms with Gasteiger partial charge in [-0.1, -0.05) is 36.4 Å². The highest BCUT2D eigenvalue weighted by Gasteiger charge is 2.21. The van der Waals surface area contributed by atoms with Gasteiger partial charge in [0.1, 0.15) is 0 Å². The molecule has 5 heteroatoms. The van der Waals surface area contributed by atoms with Crippen LogP contribution in [0.1, 0.15) is 23.2 Å². The van der Waals surface area contributed by atoms with Crippen molar-refractivity contribution in [1.82, 2.24) is 15.2 Å². The predicted molar refractivity (Wildman–Crippen MR) is 89.3 cm³/mol. The van der Waals surface area contributed by atoms with Crippen molar-refractivity contribution in [2.75, 3.05) is 0 Å². The number of urea groups is 1. The molecule has 0 unspecified atom stereocenters. The van der Waals surface area contributed by atoms with Crippen molar-refractivity contribution in [3.8, 4) is 0 Å². The third-order valence-electron chi connectivity index (χ3n) is 4.36. The Morgan fingerprint density at radius 1 is 1.22 bits per heavy atom. The molecule has 1 heterocycles. The number of amides is 2. The summed E-state index contributed by atoms with van der Waals surface area (Å²) in [6.07, 6.45) is 2.43. The van der Waals surface area contributed by atoms with Crippen molar-refractivity contribution in [2.24, 2.45) is 7.05 Å². The summed E-state index contributed by atoms with van der Waals surface area (Å²) in [6.45, 7) is 0.518. The highest BCUT2D eigenvalue weighted by molar-refractivity contribution is 5.74. The van der Waals surface area contributed by atoms with Gasteiger partial charge in [-0.3, -0.25) is 4.79 Å². The summed E-state index contributed by atoms with van der Waals surface area (Å²) in [6, 6.07) is 13.3. The zero-order valence-corrected chi connectivity index (χ0v) is 13.2. The summed E-state index contributed by atoms with van der Waals surface area (Å²) in [5.41, 5.74) is 3.33. The number of rotatable bonds is 3. The number of fused-ring (bicyclic) bond motifs is 1. The average molecular weight is 311 g/mol. The van der Waals surface area contributed by atoms with Crippen molar-refractivity contribution in [1.29, 1.82) is 0 Å². The molecule has 0 aliphatic heterocycles. The maximum absolute atomic E-state index is 12.0. The van der Waals surface area contributed by atoms with E-state index >= 15 is 0 Å². The van der Waals surface area contributed by atoms with Crippen LogP contribution in [0.4, 0.5) is 4.79 Å². The first-order valence-electron chi connectivity index (χ1n) is 7.89. The van der Waals surface area contributed by atoms with Gasteiger partial charge in [-0.05, 0) is 30.4 Å². The fourth-order valence-corrected chi connectivity index (χ4v) is 3.06. The molecule has 23 heavy (non-hydrogen) atoms. The molecule has 1 atom stereocenters. The van der Waals surface area contributed by atoms with E-state index in [2.05, 4.69) is 10.6 Å². The van der Waals surface area contributed by atoms with Crippen LogP contribution in [0.2, 0.25) is 0 Å². The third-order valence-corrected chi connectivity index (χ3v) is 4.36. The van der Waals surface area contributed by atoms with E-state index in [1.165, 1.54) is 0 Å². The largest absolute Gasteiger partial charge is 0.335 e. The Labute approximate surface area is 135 Å². The SMILES string of the molecule is Cn1c2c(ccc1=O)C[C@H](NC(=O)NCc1ccccc1)CC2. The maximum Gasteiger partial charge on any atom is 0.315 e. The van der Waals surface area contributed by atoms with Crippen LogP contribution in [-0.4, -0.2) is 16.6 Å². The summed E-state index contributed by atoms with van der Waals surface area (Å²) < 4.78 is 1.71. The van der Waals surface area contributed by atoms with E-state index in [4.69, 9.17) is 0 Å². The van der Waals surface area contributed by atoms with Gasteiger partial charge in [0, 0.05) is 31.4 Å². The minimum Gasteiger partial charge on any atom is -0.335 e. The first kappa shape index (κ1) is 15.3. The van der Waals surface area contributed by atoms with Gasteiger partial charge in [0.2, 0.25) is 5.56 Å². The van der Waals surface area contributed by atoms with Gasteiger partial charge in [0.15, 0.2) is 0 Å². The van der Waals surface area contributed by atoms with Crippen LogP contribution < -0.4 is 16.2 Å². The fourth-order valence-electron chi connectivity index (χ4n) is 3.06. The zero-order chi connectivity index (χ0) is 16.2. The van der Waals surface area contributed by atoms with Gasteiger partial charge in [-0.2, -0.15) is 0 Å². The molecule has 1 aliphatic carbocycles. The number of pyridine rings is 1. The van der Waals surface area contributed by atoms with Gasteiger partial charge >= 0.3 is 6.03 Å². The minimum absolute atomic E-state index is 0.0239. The van der Waals surface area contributed by atoms with Gasteiger partial charge in [-0.25, -0.2) is 4.79 Å². The molecule has 0 spiro atoms. The molecule has 2 N–H and O–H groups in total. The van der Waals surface area contributed by atoms with Gasteiger partial charge in [-0.15, -0.1) is 0 Å². The Hall–Kier alpha value is -2.56. The summed E-state index contributed by atoms with van der Waals surface area (Å²) >= 11 is 0. The van der Waals surface area contributed by atoms with Crippen LogP contribution in [0.5, 0.6) is 0 Å². The van der Waals surface area contributed by atoms with Crippen molar-refractivity contribution < 1.29 is 4.79 Å². The fraction of sp³-hybridized carbons (Fsp3) is 0.333. The Kier molecular flexibility index (Phi) is 4.46. The Balaban J connectivity index is 1.56. The quantitative estimate of drug-likeness (QED) is 0.907. The second kappa shape index (κ2) is 6.69. The number of carbonyl (C=O) groups is 1.